The molecule has 1 rings (SSSR count). The highest BCUT2D eigenvalue weighted by Gasteiger charge is 2.22. The summed E-state index contributed by atoms with van der Waals surface area (Å²) in [5, 5.41) is 0. The molecule has 0 heterocycles. The van der Waals surface area contributed by atoms with Gasteiger partial charge in [0.15, 0.2) is 0 Å². The van der Waals surface area contributed by atoms with E-state index >= 15 is 0 Å². The summed E-state index contributed by atoms with van der Waals surface area (Å²) >= 11 is 0. The number of carbonyl (C=O) groups is 1. The topological polar surface area (TPSA) is 46.3 Å². The van der Waals surface area contributed by atoms with Crippen LogP contribution < -0.4 is 5.73 Å². The molecule has 1 amide bonds. The van der Waals surface area contributed by atoms with Gasteiger partial charge >= 0.3 is 0 Å². The summed E-state index contributed by atoms with van der Waals surface area (Å²) in [6.07, 6.45) is 1.07. The van der Waals surface area contributed by atoms with E-state index in [2.05, 4.69) is 13.8 Å². The van der Waals surface area contributed by atoms with Gasteiger partial charge in [-0.1, -0.05) is 50.1 Å². The number of amides is 1. The van der Waals surface area contributed by atoms with Crippen LogP contribution in [0.25, 0.3) is 0 Å². The van der Waals surface area contributed by atoms with E-state index in [1.807, 2.05) is 43.0 Å². The van der Waals surface area contributed by atoms with Gasteiger partial charge in [0.1, 0.15) is 6.04 Å². The summed E-state index contributed by atoms with van der Waals surface area (Å²) < 4.78 is 0. The van der Waals surface area contributed by atoms with Crippen molar-refractivity contribution in [3.63, 3.8) is 0 Å². The summed E-state index contributed by atoms with van der Waals surface area (Å²) in [5.41, 5.74) is 8.15. The standard InChI is InChI=1S/C16H26N2O.ClH/c1-5-12(3)11-18(6-2)16(19)15(17)14-9-7-13(4)8-10-14;/h7-10,12,15H,5-6,11,17H2,1-4H3;1H. The first-order valence-corrected chi connectivity index (χ1v) is 7.10. The van der Waals surface area contributed by atoms with Gasteiger partial charge in [-0.15, -0.1) is 12.4 Å². The lowest BCUT2D eigenvalue weighted by Gasteiger charge is -2.27. The molecule has 20 heavy (non-hydrogen) atoms. The van der Waals surface area contributed by atoms with Gasteiger partial charge in [-0.25, -0.2) is 0 Å². The molecule has 0 saturated heterocycles. The molecule has 1 aromatic rings. The summed E-state index contributed by atoms with van der Waals surface area (Å²) in [6.45, 7) is 9.82. The third kappa shape index (κ3) is 5.14. The van der Waals surface area contributed by atoms with Crippen LogP contribution in [0.2, 0.25) is 0 Å². The maximum absolute atomic E-state index is 12.4. The van der Waals surface area contributed by atoms with Crippen molar-refractivity contribution in [3.8, 4) is 0 Å². The number of aryl methyl sites for hydroxylation is 1. The van der Waals surface area contributed by atoms with Gasteiger partial charge in [0, 0.05) is 13.1 Å². The zero-order chi connectivity index (χ0) is 14.4. The molecule has 1 aromatic carbocycles. The Balaban J connectivity index is 0.00000361. The number of nitrogens with zero attached hydrogens (tertiary/aromatic N) is 1. The van der Waals surface area contributed by atoms with Crippen molar-refractivity contribution in [2.45, 2.75) is 40.2 Å². The first kappa shape index (κ1) is 18.9. The predicted octanol–water partition coefficient (Wildman–Crippen LogP) is 3.31. The Morgan fingerprint density at radius 2 is 1.80 bits per heavy atom. The van der Waals surface area contributed by atoms with Crippen molar-refractivity contribution in [2.24, 2.45) is 11.7 Å². The van der Waals surface area contributed by atoms with Crippen molar-refractivity contribution >= 4 is 18.3 Å². The van der Waals surface area contributed by atoms with E-state index in [0.29, 0.717) is 12.5 Å². The predicted molar refractivity (Wildman–Crippen MR) is 87.1 cm³/mol. The van der Waals surface area contributed by atoms with Crippen molar-refractivity contribution < 1.29 is 4.79 Å². The first-order chi connectivity index (χ1) is 8.99. The largest absolute Gasteiger partial charge is 0.341 e. The smallest absolute Gasteiger partial charge is 0.244 e. The summed E-state index contributed by atoms with van der Waals surface area (Å²) in [4.78, 5) is 14.3. The minimum absolute atomic E-state index is 0. The molecule has 0 fully saturated rings. The molecule has 3 nitrogen and oxygen atoms in total. The fraction of sp³-hybridized carbons (Fsp3) is 0.562. The second-order valence-electron chi connectivity index (χ2n) is 5.28. The average molecular weight is 299 g/mol. The Labute approximate surface area is 128 Å². The lowest BCUT2D eigenvalue weighted by molar-refractivity contribution is -0.133. The van der Waals surface area contributed by atoms with Crippen LogP contribution in [0.4, 0.5) is 0 Å². The maximum atomic E-state index is 12.4. The van der Waals surface area contributed by atoms with Crippen molar-refractivity contribution in [3.05, 3.63) is 35.4 Å². The highest BCUT2D eigenvalue weighted by molar-refractivity contribution is 5.85. The van der Waals surface area contributed by atoms with Crippen LogP contribution in [0.5, 0.6) is 0 Å². The van der Waals surface area contributed by atoms with Crippen LogP contribution in [0, 0.1) is 12.8 Å². The second-order valence-corrected chi connectivity index (χ2v) is 5.28. The van der Waals surface area contributed by atoms with E-state index in [-0.39, 0.29) is 18.3 Å². The molecule has 2 N–H and O–H groups in total. The van der Waals surface area contributed by atoms with Gasteiger partial charge in [-0.3, -0.25) is 4.79 Å². The van der Waals surface area contributed by atoms with E-state index in [1.165, 1.54) is 5.56 Å². The monoisotopic (exact) mass is 298 g/mol. The normalized spacial score (nSPS) is 13.2. The van der Waals surface area contributed by atoms with Crippen LogP contribution in [0.1, 0.15) is 44.4 Å². The maximum Gasteiger partial charge on any atom is 0.244 e. The molecular weight excluding hydrogens is 272 g/mol. The fourth-order valence-electron chi connectivity index (χ4n) is 1.99. The third-order valence-electron chi connectivity index (χ3n) is 3.62. The number of nitrogens with two attached hydrogens (primary N) is 1. The quantitative estimate of drug-likeness (QED) is 0.876. The Bertz CT molecular complexity index is 405. The molecule has 0 spiro atoms. The van der Waals surface area contributed by atoms with Gasteiger partial charge in [0.05, 0.1) is 0 Å². The van der Waals surface area contributed by atoms with Crippen LogP contribution in [0.15, 0.2) is 24.3 Å². The van der Waals surface area contributed by atoms with Crippen molar-refractivity contribution in [2.75, 3.05) is 13.1 Å². The summed E-state index contributed by atoms with van der Waals surface area (Å²) in [7, 11) is 0. The Hall–Kier alpha value is -1.06. The van der Waals surface area contributed by atoms with Crippen molar-refractivity contribution in [1.82, 2.24) is 4.90 Å². The SMILES string of the molecule is CCC(C)CN(CC)C(=O)C(N)c1ccc(C)cc1.Cl. The Morgan fingerprint density at radius 3 is 2.25 bits per heavy atom. The number of benzene rings is 1. The van der Waals surface area contributed by atoms with Crippen molar-refractivity contribution in [1.29, 1.82) is 0 Å². The molecule has 2 atom stereocenters. The number of hydrogen-bond acceptors (Lipinski definition) is 2. The zero-order valence-electron chi connectivity index (χ0n) is 12.9. The van der Waals surface area contributed by atoms with E-state index in [0.717, 1.165) is 18.5 Å². The molecule has 0 bridgehead atoms. The highest BCUT2D eigenvalue weighted by atomic mass is 35.5. The molecule has 0 aromatic heterocycles. The van der Waals surface area contributed by atoms with E-state index in [1.54, 1.807) is 0 Å². The molecule has 0 aliphatic rings. The first-order valence-electron chi connectivity index (χ1n) is 7.10. The molecule has 2 unspecified atom stereocenters. The van der Waals surface area contributed by atoms with Crippen LogP contribution in [-0.2, 0) is 4.79 Å². The molecule has 0 aliphatic carbocycles. The van der Waals surface area contributed by atoms with Gasteiger partial charge < -0.3 is 10.6 Å². The lowest BCUT2D eigenvalue weighted by Crippen LogP contribution is -2.40. The van der Waals surface area contributed by atoms with Crippen LogP contribution in [-0.4, -0.2) is 23.9 Å². The van der Waals surface area contributed by atoms with E-state index in [9.17, 15) is 4.79 Å². The second kappa shape index (κ2) is 8.98. The Kier molecular flexibility index (Phi) is 8.51. The van der Waals surface area contributed by atoms with Crippen LogP contribution in [0.3, 0.4) is 0 Å². The molecule has 114 valence electrons. The number of hydrogen-bond donors (Lipinski definition) is 1. The fourth-order valence-corrected chi connectivity index (χ4v) is 1.99. The third-order valence-corrected chi connectivity index (χ3v) is 3.62. The molecular formula is C16H27ClN2O. The van der Waals surface area contributed by atoms with Crippen LogP contribution >= 0.6 is 12.4 Å². The minimum Gasteiger partial charge on any atom is -0.341 e. The molecule has 0 aliphatic heterocycles. The Morgan fingerprint density at radius 1 is 1.25 bits per heavy atom. The highest BCUT2D eigenvalue weighted by Crippen LogP contribution is 2.15. The number of rotatable bonds is 6. The van der Waals surface area contributed by atoms with Gasteiger partial charge in [0.2, 0.25) is 5.91 Å². The molecule has 0 saturated carbocycles. The van der Waals surface area contributed by atoms with Gasteiger partial charge in [0.25, 0.3) is 0 Å². The zero-order valence-corrected chi connectivity index (χ0v) is 13.7. The molecule has 0 radical (unpaired) electrons. The van der Waals surface area contributed by atoms with E-state index < -0.39 is 6.04 Å². The number of halogens is 1. The molecule has 4 heteroatoms. The van der Waals surface area contributed by atoms with Gasteiger partial charge in [-0.2, -0.15) is 0 Å². The average Bonchev–Trinajstić information content (AvgIpc) is 2.43. The van der Waals surface area contributed by atoms with E-state index in [4.69, 9.17) is 5.73 Å². The summed E-state index contributed by atoms with van der Waals surface area (Å²) in [6, 6.07) is 7.31. The minimum atomic E-state index is -0.551. The number of carbonyl (C=O) groups excluding carboxylic acids is 1. The number of likely N-dealkylation sites (N-methyl/N-ethyl adjacent to an activating group) is 1. The summed E-state index contributed by atoms with van der Waals surface area (Å²) in [5.74, 6) is 0.528. The lowest BCUT2D eigenvalue weighted by atomic mass is 10.0. The van der Waals surface area contributed by atoms with Gasteiger partial charge in [-0.05, 0) is 25.3 Å².